The topological polar surface area (TPSA) is 79.6 Å². The molecule has 0 unspecified atom stereocenters. The van der Waals surface area contributed by atoms with E-state index in [1.165, 1.54) is 0 Å². The van der Waals surface area contributed by atoms with Crippen molar-refractivity contribution in [1.29, 1.82) is 0 Å². The second-order valence-corrected chi connectivity index (χ2v) is 3.70. The molecule has 2 heterocycles. The molecule has 0 saturated heterocycles. The molecule has 0 aliphatic heterocycles. The highest BCUT2D eigenvalue weighted by Crippen LogP contribution is 2.21. The Morgan fingerprint density at radius 1 is 1.24 bits per heavy atom. The fourth-order valence-electron chi connectivity index (χ4n) is 1.74. The number of anilines is 1. The van der Waals surface area contributed by atoms with E-state index in [0.29, 0.717) is 0 Å². The summed E-state index contributed by atoms with van der Waals surface area (Å²) in [6, 6.07) is 9.57. The van der Waals surface area contributed by atoms with Crippen LogP contribution in [0.2, 0.25) is 0 Å². The van der Waals surface area contributed by atoms with E-state index in [2.05, 4.69) is 20.4 Å². The Kier molecular flexibility index (Phi) is 2.23. The number of aromatic amines is 1. The first-order valence-electron chi connectivity index (χ1n) is 5.23. The van der Waals surface area contributed by atoms with Gasteiger partial charge in [0.05, 0.1) is 16.7 Å². The van der Waals surface area contributed by atoms with Crippen molar-refractivity contribution in [2.75, 3.05) is 5.43 Å². The minimum Gasteiger partial charge on any atom is -0.338 e. The molecule has 0 amide bonds. The van der Waals surface area contributed by atoms with Gasteiger partial charge in [0.15, 0.2) is 0 Å². The van der Waals surface area contributed by atoms with Crippen LogP contribution in [-0.4, -0.2) is 15.0 Å². The van der Waals surface area contributed by atoms with Gasteiger partial charge in [0.25, 0.3) is 0 Å². The molecule has 1 aromatic carbocycles. The number of benzene rings is 1. The smallest absolute Gasteiger partial charge is 0.140 e. The normalized spacial score (nSPS) is 10.6. The lowest BCUT2D eigenvalue weighted by Crippen LogP contribution is -2.05. The Hall–Kier alpha value is -2.40. The molecule has 5 heteroatoms. The number of hydrogen-bond acceptors (Lipinski definition) is 4. The van der Waals surface area contributed by atoms with Crippen LogP contribution in [0.15, 0.2) is 42.7 Å². The van der Waals surface area contributed by atoms with Crippen LogP contribution in [0.4, 0.5) is 5.69 Å². The molecule has 0 saturated carbocycles. The first-order valence-corrected chi connectivity index (χ1v) is 5.23. The van der Waals surface area contributed by atoms with Gasteiger partial charge in [0, 0.05) is 18.0 Å². The summed E-state index contributed by atoms with van der Waals surface area (Å²) in [4.78, 5) is 11.8. The molecule has 5 nitrogen and oxygen atoms in total. The van der Waals surface area contributed by atoms with Gasteiger partial charge in [-0.05, 0) is 30.3 Å². The summed E-state index contributed by atoms with van der Waals surface area (Å²) in [5, 5.41) is 0. The molecular weight excluding hydrogens is 214 g/mol. The van der Waals surface area contributed by atoms with E-state index in [1.807, 2.05) is 30.3 Å². The Bertz CT molecular complexity index is 644. The molecule has 0 aliphatic rings. The number of hydrogen-bond donors (Lipinski definition) is 3. The van der Waals surface area contributed by atoms with Crippen LogP contribution >= 0.6 is 0 Å². The van der Waals surface area contributed by atoms with E-state index >= 15 is 0 Å². The van der Waals surface area contributed by atoms with E-state index in [4.69, 9.17) is 5.84 Å². The van der Waals surface area contributed by atoms with Gasteiger partial charge in [-0.3, -0.25) is 10.8 Å². The van der Waals surface area contributed by atoms with E-state index in [-0.39, 0.29) is 0 Å². The molecule has 84 valence electrons. The fourth-order valence-corrected chi connectivity index (χ4v) is 1.74. The van der Waals surface area contributed by atoms with Gasteiger partial charge in [-0.2, -0.15) is 0 Å². The number of nitrogens with zero attached hydrogens (tertiary/aromatic N) is 2. The zero-order valence-corrected chi connectivity index (χ0v) is 9.01. The molecule has 3 aromatic rings. The minimum atomic E-state index is 0.808. The Morgan fingerprint density at radius 3 is 2.94 bits per heavy atom. The second kappa shape index (κ2) is 3.88. The summed E-state index contributed by atoms with van der Waals surface area (Å²) in [5.41, 5.74) is 6.27. The second-order valence-electron chi connectivity index (χ2n) is 3.70. The maximum absolute atomic E-state index is 5.36. The largest absolute Gasteiger partial charge is 0.338 e. The van der Waals surface area contributed by atoms with Crippen molar-refractivity contribution in [3.8, 4) is 11.4 Å². The van der Waals surface area contributed by atoms with Gasteiger partial charge in [-0.25, -0.2) is 4.98 Å². The van der Waals surface area contributed by atoms with E-state index in [0.717, 1.165) is 28.1 Å². The van der Waals surface area contributed by atoms with E-state index in [9.17, 15) is 0 Å². The highest BCUT2D eigenvalue weighted by molar-refractivity contribution is 5.82. The number of nitrogens with one attached hydrogen (secondary N) is 2. The lowest BCUT2D eigenvalue weighted by molar-refractivity contribution is 1.27. The summed E-state index contributed by atoms with van der Waals surface area (Å²) in [6.45, 7) is 0. The summed E-state index contributed by atoms with van der Waals surface area (Å²) in [7, 11) is 0. The summed E-state index contributed by atoms with van der Waals surface area (Å²) in [6.07, 6.45) is 3.52. The van der Waals surface area contributed by atoms with Crippen LogP contribution in [0.25, 0.3) is 22.4 Å². The van der Waals surface area contributed by atoms with Crippen LogP contribution in [0.1, 0.15) is 0 Å². The maximum atomic E-state index is 5.36. The summed E-state index contributed by atoms with van der Waals surface area (Å²) >= 11 is 0. The van der Waals surface area contributed by atoms with Crippen molar-refractivity contribution in [3.05, 3.63) is 42.7 Å². The van der Waals surface area contributed by atoms with Crippen molar-refractivity contribution in [3.63, 3.8) is 0 Å². The molecule has 0 bridgehead atoms. The van der Waals surface area contributed by atoms with Gasteiger partial charge < -0.3 is 10.4 Å². The predicted octanol–water partition coefficient (Wildman–Crippen LogP) is 1.91. The number of nitrogen functional groups attached to an aromatic ring is 1. The quantitative estimate of drug-likeness (QED) is 0.459. The number of H-pyrrole nitrogens is 1. The van der Waals surface area contributed by atoms with Crippen molar-refractivity contribution in [1.82, 2.24) is 15.0 Å². The molecule has 0 fully saturated rings. The SMILES string of the molecule is NNc1ccc2nc(-c3cccnc3)[nH]c2c1. The van der Waals surface area contributed by atoms with Gasteiger partial charge in [0.2, 0.25) is 0 Å². The minimum absolute atomic E-state index is 0.808. The number of pyridine rings is 1. The number of rotatable bonds is 2. The molecule has 0 atom stereocenters. The molecule has 0 aliphatic carbocycles. The van der Waals surface area contributed by atoms with Gasteiger partial charge >= 0.3 is 0 Å². The highest BCUT2D eigenvalue weighted by atomic mass is 15.2. The zero-order chi connectivity index (χ0) is 11.7. The third-order valence-corrected chi connectivity index (χ3v) is 2.58. The maximum Gasteiger partial charge on any atom is 0.140 e. The molecule has 17 heavy (non-hydrogen) atoms. The molecule has 0 spiro atoms. The Balaban J connectivity index is 2.14. The van der Waals surface area contributed by atoms with Crippen LogP contribution in [0.5, 0.6) is 0 Å². The average Bonchev–Trinajstić information content (AvgIpc) is 2.82. The number of nitrogens with two attached hydrogens (primary N) is 1. The van der Waals surface area contributed by atoms with Crippen molar-refractivity contribution < 1.29 is 0 Å². The molecule has 2 aromatic heterocycles. The molecular formula is C12H11N5. The van der Waals surface area contributed by atoms with E-state index < -0.39 is 0 Å². The third-order valence-electron chi connectivity index (χ3n) is 2.58. The van der Waals surface area contributed by atoms with Crippen molar-refractivity contribution in [2.45, 2.75) is 0 Å². The number of aromatic nitrogens is 3. The highest BCUT2D eigenvalue weighted by Gasteiger charge is 2.05. The molecule has 4 N–H and O–H groups in total. The van der Waals surface area contributed by atoms with Crippen LogP contribution in [-0.2, 0) is 0 Å². The third kappa shape index (κ3) is 1.72. The Morgan fingerprint density at radius 2 is 2.18 bits per heavy atom. The monoisotopic (exact) mass is 225 g/mol. The molecule has 0 radical (unpaired) electrons. The summed E-state index contributed by atoms with van der Waals surface area (Å²) in [5.74, 6) is 6.17. The summed E-state index contributed by atoms with van der Waals surface area (Å²) < 4.78 is 0. The zero-order valence-electron chi connectivity index (χ0n) is 9.01. The predicted molar refractivity (Wildman–Crippen MR) is 67.1 cm³/mol. The lowest BCUT2D eigenvalue weighted by atomic mass is 10.3. The first-order chi connectivity index (χ1) is 8.36. The van der Waals surface area contributed by atoms with Crippen molar-refractivity contribution >= 4 is 16.7 Å². The van der Waals surface area contributed by atoms with Gasteiger partial charge in [-0.1, -0.05) is 0 Å². The average molecular weight is 225 g/mol. The standard InChI is InChI=1S/C12H11N5/c13-17-9-3-4-10-11(6-9)16-12(15-10)8-2-1-5-14-7-8/h1-7,17H,13H2,(H,15,16). The lowest BCUT2D eigenvalue weighted by Gasteiger charge is -1.97. The first kappa shape index (κ1) is 9.80. The van der Waals surface area contributed by atoms with E-state index in [1.54, 1.807) is 12.4 Å². The van der Waals surface area contributed by atoms with Gasteiger partial charge in [-0.15, -0.1) is 0 Å². The Labute approximate surface area is 97.7 Å². The number of imidazole rings is 1. The van der Waals surface area contributed by atoms with Crippen molar-refractivity contribution in [2.24, 2.45) is 5.84 Å². The number of hydrazine groups is 1. The fraction of sp³-hybridized carbons (Fsp3) is 0. The van der Waals surface area contributed by atoms with Crippen LogP contribution in [0, 0.1) is 0 Å². The van der Waals surface area contributed by atoms with Gasteiger partial charge in [0.1, 0.15) is 5.82 Å². The number of fused-ring (bicyclic) bond motifs is 1. The van der Waals surface area contributed by atoms with Crippen LogP contribution in [0.3, 0.4) is 0 Å². The van der Waals surface area contributed by atoms with Crippen LogP contribution < -0.4 is 11.3 Å². The molecule has 3 rings (SSSR count).